The molecule has 0 saturated heterocycles. The van der Waals surface area contributed by atoms with Crippen LogP contribution in [0.1, 0.15) is 31.1 Å². The van der Waals surface area contributed by atoms with Gasteiger partial charge in [-0.05, 0) is 217 Å². The Morgan fingerprint density at radius 1 is 0.198 bits per heavy atom. The van der Waals surface area contributed by atoms with E-state index in [0.717, 1.165) is 147 Å². The van der Waals surface area contributed by atoms with Crippen LogP contribution >= 0.6 is 0 Å². The molecule has 0 heterocycles. The van der Waals surface area contributed by atoms with Crippen molar-refractivity contribution in [3.63, 3.8) is 0 Å². The first-order valence-electron chi connectivity index (χ1n) is 26.8. The summed E-state index contributed by atoms with van der Waals surface area (Å²) in [7, 11) is 0. The minimum atomic E-state index is -1.31. The normalized spacial score (nSPS) is 12.0. The van der Waals surface area contributed by atoms with Crippen LogP contribution < -0.4 is 15.3 Å². The van der Waals surface area contributed by atoms with Crippen LogP contribution in [0.25, 0.3) is 164 Å². The summed E-state index contributed by atoms with van der Waals surface area (Å²) in [6.45, 7) is 0. The molecule has 16 aromatic rings. The molecule has 0 amide bonds. The Bertz CT molecular complexity index is 4600. The van der Waals surface area contributed by atoms with Crippen LogP contribution in [-0.4, -0.2) is 17.9 Å². The van der Waals surface area contributed by atoms with Gasteiger partial charge in [0.2, 0.25) is 0 Å². The maximum absolute atomic E-state index is 12.6. The molecule has 0 radical (unpaired) electrons. The molecule has 81 heavy (non-hydrogen) atoms. The average molecular weight is 1040 g/mol. The summed E-state index contributed by atoms with van der Waals surface area (Å²) >= 11 is 0. The van der Waals surface area contributed by atoms with Crippen molar-refractivity contribution in [1.29, 1.82) is 0 Å². The van der Waals surface area contributed by atoms with E-state index < -0.39 is 17.9 Å². The first kappa shape index (κ1) is 46.2. The van der Waals surface area contributed by atoms with Crippen LogP contribution in [0.3, 0.4) is 0 Å². The van der Waals surface area contributed by atoms with E-state index in [1.807, 2.05) is 36.4 Å². The number of carbonyl (C=O) groups excluding carboxylic acids is 3. The lowest BCUT2D eigenvalue weighted by Crippen LogP contribution is -2.22. The predicted octanol–water partition coefficient (Wildman–Crippen LogP) is 15.5. The third-order valence-electron chi connectivity index (χ3n) is 17.0. The minimum Gasteiger partial charge on any atom is -0.545 e. The lowest BCUT2D eigenvalue weighted by molar-refractivity contribution is -0.256. The molecule has 0 fully saturated rings. The first-order valence-corrected chi connectivity index (χ1v) is 26.8. The second-order valence-corrected chi connectivity index (χ2v) is 21.4. The molecule has 378 valence electrons. The number of hydrogen-bond donors (Lipinski definition) is 0. The molecular formula is C75H39O6-3. The van der Waals surface area contributed by atoms with Gasteiger partial charge in [0.1, 0.15) is 0 Å². The molecule has 6 heteroatoms. The molecule has 6 nitrogen and oxygen atoms in total. The fraction of sp³-hybridized carbons (Fsp3) is 0. The maximum Gasteiger partial charge on any atom is 0.0715 e. The van der Waals surface area contributed by atoms with Crippen LogP contribution in [-0.2, 0) is 0 Å². The molecular weight excluding hydrogens is 997 g/mol. The molecule has 0 saturated carbocycles. The van der Waals surface area contributed by atoms with Gasteiger partial charge in [-0.1, -0.05) is 200 Å². The smallest absolute Gasteiger partial charge is 0.0715 e. The van der Waals surface area contributed by atoms with E-state index >= 15 is 0 Å². The largest absolute Gasteiger partial charge is 0.545 e. The van der Waals surface area contributed by atoms with Gasteiger partial charge in [0.15, 0.2) is 0 Å². The average Bonchev–Trinajstić information content (AvgIpc) is 3.67. The van der Waals surface area contributed by atoms with Gasteiger partial charge >= 0.3 is 0 Å². The lowest BCUT2D eigenvalue weighted by Gasteiger charge is -2.30. The molecule has 16 rings (SSSR count). The number of benzene rings is 16. The highest BCUT2D eigenvalue weighted by molar-refractivity contribution is 6.28. The van der Waals surface area contributed by atoms with Crippen molar-refractivity contribution in [2.45, 2.75) is 0 Å². The van der Waals surface area contributed by atoms with E-state index in [2.05, 4.69) is 164 Å². The monoisotopic (exact) mass is 1040 g/mol. The van der Waals surface area contributed by atoms with Crippen molar-refractivity contribution >= 4 is 115 Å². The highest BCUT2D eigenvalue weighted by atomic mass is 16.4. The Morgan fingerprint density at radius 2 is 0.370 bits per heavy atom. The van der Waals surface area contributed by atoms with Crippen LogP contribution in [0.5, 0.6) is 0 Å². The van der Waals surface area contributed by atoms with Gasteiger partial charge in [0, 0.05) is 0 Å². The molecule has 0 aliphatic heterocycles. The first-order chi connectivity index (χ1) is 39.6. The summed E-state index contributed by atoms with van der Waals surface area (Å²) in [5.41, 5.74) is 9.39. The Labute approximate surface area is 462 Å². The molecule has 0 bridgehead atoms. The number of carboxylic acid groups (broad SMARTS) is 3. The SMILES string of the molecule is O=C([O-])c1ccc(-c2c(-c3cc4ccc5cccc6ccc(c3)c4c56)c(-c3ccc(C(=O)[O-])cc3)c(-c3cc4ccc5cccc6ccc(c3)c4c56)c(-c3ccc(C(=O)[O-])cc3)c2-c2cc3ccc4cccc5ccc(c2)c3c45)cc1. The minimum absolute atomic E-state index is 0.00873. The fourth-order valence-corrected chi connectivity index (χ4v) is 13.5. The number of aromatic carboxylic acids is 3. The highest BCUT2D eigenvalue weighted by Gasteiger charge is 2.31. The summed E-state index contributed by atoms with van der Waals surface area (Å²) in [6, 6.07) is 79.0. The Morgan fingerprint density at radius 3 is 0.568 bits per heavy atom. The Balaban J connectivity index is 1.17. The lowest BCUT2D eigenvalue weighted by atomic mass is 9.73. The van der Waals surface area contributed by atoms with E-state index in [9.17, 15) is 29.7 Å². The fourth-order valence-electron chi connectivity index (χ4n) is 13.5. The van der Waals surface area contributed by atoms with Crippen molar-refractivity contribution in [1.82, 2.24) is 0 Å². The number of carbonyl (C=O) groups is 3. The van der Waals surface area contributed by atoms with Gasteiger partial charge in [0.25, 0.3) is 0 Å². The van der Waals surface area contributed by atoms with E-state index in [1.165, 1.54) is 0 Å². The third kappa shape index (κ3) is 6.97. The van der Waals surface area contributed by atoms with Crippen LogP contribution in [0.15, 0.2) is 237 Å². The van der Waals surface area contributed by atoms with Gasteiger partial charge in [0.05, 0.1) is 17.9 Å². The summed E-state index contributed by atoms with van der Waals surface area (Å²) in [5, 5.41) is 57.6. The number of rotatable bonds is 9. The second kappa shape index (κ2) is 17.3. The number of carboxylic acids is 3. The molecule has 0 N–H and O–H groups in total. The highest BCUT2D eigenvalue weighted by Crippen LogP contribution is 2.58. The summed E-state index contributed by atoms with van der Waals surface area (Å²) in [5.74, 6) is -3.94. The van der Waals surface area contributed by atoms with Crippen LogP contribution in [0.4, 0.5) is 0 Å². The molecule has 0 aliphatic carbocycles. The van der Waals surface area contributed by atoms with E-state index in [-0.39, 0.29) is 16.7 Å². The van der Waals surface area contributed by atoms with Crippen molar-refractivity contribution in [2.75, 3.05) is 0 Å². The maximum atomic E-state index is 12.6. The molecule has 0 aliphatic rings. The van der Waals surface area contributed by atoms with Gasteiger partial charge in [-0.3, -0.25) is 0 Å². The van der Waals surface area contributed by atoms with Gasteiger partial charge in [-0.15, -0.1) is 0 Å². The standard InChI is InChI=1S/C75H42O6/c76-73(77)49-22-10-46(11-23-49)67-70(58-34-52-28-16-40-4-1-5-41-17-29-53(35-58)64(52)61(40)41)68(47-12-24-50(25-13-47)74(78)79)72(60-38-56-32-20-44-8-3-9-45-21-33-57(39-60)66(56)63(44)45)69(48-14-26-51(27-15-48)75(80)81)71(67)59-36-54-30-18-42-6-2-7-43-19-31-55(37-59)65(54)62(42)43/h1-39H,(H,76,77)(H,78,79)(H,80,81)/p-3. The summed E-state index contributed by atoms with van der Waals surface area (Å²) < 4.78 is 0. The predicted molar refractivity (Wildman–Crippen MR) is 323 cm³/mol. The van der Waals surface area contributed by atoms with E-state index in [1.54, 1.807) is 36.4 Å². The van der Waals surface area contributed by atoms with Crippen molar-refractivity contribution in [2.24, 2.45) is 0 Å². The van der Waals surface area contributed by atoms with Gasteiger partial charge in [-0.25, -0.2) is 0 Å². The Kier molecular flexibility index (Phi) is 9.85. The van der Waals surface area contributed by atoms with E-state index in [0.29, 0.717) is 16.7 Å². The molecule has 0 spiro atoms. The topological polar surface area (TPSA) is 120 Å². The van der Waals surface area contributed by atoms with Gasteiger partial charge < -0.3 is 29.7 Å². The zero-order valence-corrected chi connectivity index (χ0v) is 43.0. The molecule has 0 unspecified atom stereocenters. The molecule has 0 aromatic heterocycles. The van der Waals surface area contributed by atoms with Crippen LogP contribution in [0.2, 0.25) is 0 Å². The van der Waals surface area contributed by atoms with Crippen molar-refractivity contribution < 1.29 is 29.7 Å². The van der Waals surface area contributed by atoms with Crippen LogP contribution in [0, 0.1) is 0 Å². The molecule has 16 aromatic carbocycles. The van der Waals surface area contributed by atoms with Crippen molar-refractivity contribution in [3.05, 3.63) is 253 Å². The quantitative estimate of drug-likeness (QED) is 0.133. The number of hydrogen-bond acceptors (Lipinski definition) is 6. The Hall–Kier alpha value is -11.0. The second-order valence-electron chi connectivity index (χ2n) is 21.4. The zero-order chi connectivity index (χ0) is 54.4. The van der Waals surface area contributed by atoms with Crippen molar-refractivity contribution in [3.8, 4) is 66.8 Å². The van der Waals surface area contributed by atoms with Gasteiger partial charge in [-0.2, -0.15) is 0 Å². The molecule has 0 atom stereocenters. The van der Waals surface area contributed by atoms with E-state index in [4.69, 9.17) is 0 Å². The summed E-state index contributed by atoms with van der Waals surface area (Å²) in [4.78, 5) is 37.9. The third-order valence-corrected chi connectivity index (χ3v) is 17.0. The zero-order valence-electron chi connectivity index (χ0n) is 43.0. The summed E-state index contributed by atoms with van der Waals surface area (Å²) in [6.07, 6.45) is 0.